The number of nitrogens with zero attached hydrogens (tertiary/aromatic N) is 4. The predicted molar refractivity (Wildman–Crippen MR) is 179 cm³/mol. The van der Waals surface area contributed by atoms with Gasteiger partial charge in [0.05, 0.1) is 36.7 Å². The highest BCUT2D eigenvalue weighted by Crippen LogP contribution is 2.49. The Labute approximate surface area is 282 Å². The molecule has 0 saturated heterocycles. The Morgan fingerprint density at radius 3 is 1.17 bits per heavy atom. The second-order valence-corrected chi connectivity index (χ2v) is 12.7. The lowest BCUT2D eigenvalue weighted by Crippen LogP contribution is -2.23. The Kier molecular flexibility index (Phi) is 13.9. The first-order chi connectivity index (χ1) is 22.7. The van der Waals surface area contributed by atoms with Crippen LogP contribution in [0.15, 0.2) is 0 Å². The lowest BCUT2D eigenvalue weighted by Gasteiger charge is -2.28. The Morgan fingerprint density at radius 2 is 0.917 bits per heavy atom. The quantitative estimate of drug-likeness (QED) is 0.131. The average Bonchev–Trinajstić information content (AvgIpc) is 3.03. The van der Waals surface area contributed by atoms with Crippen LogP contribution in [0.4, 0.5) is 16.2 Å². The fraction of sp³-hybridized carbons (Fsp3) is 0.514. The number of methoxy groups -OCH3 is 4. The number of ether oxygens (including phenoxy) is 6. The average molecular weight is 661 g/mol. The van der Waals surface area contributed by atoms with Crippen LogP contribution in [-0.2, 0) is 20.3 Å². The van der Waals surface area contributed by atoms with E-state index in [4.69, 9.17) is 28.4 Å². The van der Waals surface area contributed by atoms with Crippen LogP contribution in [0.1, 0.15) is 87.8 Å². The van der Waals surface area contributed by atoms with Crippen molar-refractivity contribution in [1.29, 1.82) is 21.0 Å². The second kappa shape index (κ2) is 17.1. The van der Waals surface area contributed by atoms with E-state index in [0.717, 1.165) is 0 Å². The first-order valence-electron chi connectivity index (χ1n) is 15.2. The molecule has 0 radical (unpaired) electrons. The number of nitrogens with one attached hydrogen (secondary N) is 2. The fourth-order valence-corrected chi connectivity index (χ4v) is 5.26. The topological polar surface area (TPSA) is 192 Å². The van der Waals surface area contributed by atoms with Gasteiger partial charge in [0.15, 0.2) is 23.0 Å². The Bertz CT molecular complexity index is 1540. The predicted octanol–water partition coefficient (Wildman–Crippen LogP) is 6.26. The maximum Gasteiger partial charge on any atom is 0.519 e. The number of hydrogen-bond acceptors (Lipinski definition) is 13. The maximum absolute atomic E-state index is 13.7. The molecule has 2 rings (SSSR count). The molecule has 0 fully saturated rings. The minimum Gasteiger partial charge on any atom is -0.492 e. The van der Waals surface area contributed by atoms with Crippen LogP contribution in [0.2, 0.25) is 0 Å². The Hall–Kier alpha value is -5.21. The van der Waals surface area contributed by atoms with Gasteiger partial charge in [0, 0.05) is 51.6 Å². The number of hydrogen-bond donors (Lipinski definition) is 2. The first kappa shape index (κ1) is 39.0. The highest BCUT2D eigenvalue weighted by molar-refractivity contribution is 5.84. The molecule has 0 spiro atoms. The lowest BCUT2D eigenvalue weighted by molar-refractivity contribution is 0.148. The molecular weight excluding hydrogens is 616 g/mol. The van der Waals surface area contributed by atoms with Crippen LogP contribution < -0.4 is 29.6 Å². The highest BCUT2D eigenvalue weighted by atomic mass is 16.7. The smallest absolute Gasteiger partial charge is 0.492 e. The van der Waals surface area contributed by atoms with Crippen LogP contribution in [0.3, 0.4) is 0 Å². The summed E-state index contributed by atoms with van der Waals surface area (Å²) in [5.74, 6) is -0.553. The summed E-state index contributed by atoms with van der Waals surface area (Å²) < 4.78 is 33.1. The van der Waals surface area contributed by atoms with Crippen molar-refractivity contribution in [1.82, 2.24) is 0 Å². The molecule has 0 aliphatic carbocycles. The van der Waals surface area contributed by atoms with Gasteiger partial charge in [-0.25, -0.2) is 4.79 Å². The van der Waals surface area contributed by atoms with Gasteiger partial charge < -0.3 is 39.1 Å². The molecule has 256 valence electrons. The SMILES string of the molecule is COCCCNc1c(C#N)c(OC(=O)Oc2c(C#N)c(NCCCOC)c(C#N)c(C(C)(C)C)c2OC)c(OC)c(C(C)(C)C)c1C#N. The zero-order valence-electron chi connectivity index (χ0n) is 29.4. The van der Waals surface area contributed by atoms with Crippen LogP contribution >= 0.6 is 0 Å². The number of anilines is 2. The molecule has 2 aromatic rings. The van der Waals surface area contributed by atoms with E-state index in [0.29, 0.717) is 50.3 Å². The Morgan fingerprint density at radius 1 is 0.583 bits per heavy atom. The first-order valence-corrected chi connectivity index (χ1v) is 15.2. The van der Waals surface area contributed by atoms with E-state index in [1.165, 1.54) is 14.2 Å². The van der Waals surface area contributed by atoms with Gasteiger partial charge in [-0.05, 0) is 23.7 Å². The van der Waals surface area contributed by atoms with Crippen molar-refractivity contribution in [2.75, 3.05) is 65.4 Å². The van der Waals surface area contributed by atoms with Crippen molar-refractivity contribution >= 4 is 17.5 Å². The molecule has 2 N–H and O–H groups in total. The van der Waals surface area contributed by atoms with Gasteiger partial charge in [-0.2, -0.15) is 21.0 Å². The van der Waals surface area contributed by atoms with Crippen LogP contribution in [0.25, 0.3) is 0 Å². The minimum absolute atomic E-state index is 0.00169. The molecule has 0 unspecified atom stereocenters. The summed E-state index contributed by atoms with van der Waals surface area (Å²) in [6.07, 6.45) is -0.187. The molecule has 0 saturated carbocycles. The van der Waals surface area contributed by atoms with E-state index in [1.807, 2.05) is 53.7 Å². The van der Waals surface area contributed by atoms with Crippen LogP contribution in [0.5, 0.6) is 23.0 Å². The van der Waals surface area contributed by atoms with E-state index in [2.05, 4.69) is 22.8 Å². The van der Waals surface area contributed by atoms with Gasteiger partial charge in [-0.1, -0.05) is 41.5 Å². The fourth-order valence-electron chi connectivity index (χ4n) is 5.26. The molecule has 0 bridgehead atoms. The highest BCUT2D eigenvalue weighted by Gasteiger charge is 2.36. The van der Waals surface area contributed by atoms with E-state index in [1.54, 1.807) is 14.2 Å². The van der Waals surface area contributed by atoms with Crippen LogP contribution in [-0.4, -0.2) is 60.9 Å². The molecule has 0 aromatic heterocycles. The molecule has 0 atom stereocenters. The summed E-state index contributed by atoms with van der Waals surface area (Å²) in [6.45, 7) is 12.7. The largest absolute Gasteiger partial charge is 0.519 e. The minimum atomic E-state index is -1.32. The summed E-state index contributed by atoms with van der Waals surface area (Å²) >= 11 is 0. The number of benzene rings is 2. The summed E-state index contributed by atoms with van der Waals surface area (Å²) in [5, 5.41) is 47.4. The summed E-state index contributed by atoms with van der Waals surface area (Å²) in [6, 6.07) is 8.45. The molecule has 0 amide bonds. The lowest BCUT2D eigenvalue weighted by atomic mass is 9.81. The third-order valence-electron chi connectivity index (χ3n) is 7.20. The summed E-state index contributed by atoms with van der Waals surface area (Å²) in [7, 11) is 5.81. The van der Waals surface area contributed by atoms with E-state index >= 15 is 0 Å². The van der Waals surface area contributed by atoms with Gasteiger partial charge in [-0.3, -0.25) is 0 Å². The standard InChI is InChI=1S/C35H44N6O7/c1-34(2,3)25-21(17-36)27(40-13-11-15-43-7)23(19-38)29(31(25)45-9)47-33(42)48-30-24(20-39)28(41-14-12-16-44-8)22(18-37)26(32(30)46-10)35(4,5)6/h40-41H,11-16H2,1-10H3. The van der Waals surface area contributed by atoms with Gasteiger partial charge in [0.1, 0.15) is 35.4 Å². The van der Waals surface area contributed by atoms with Crippen molar-refractivity contribution in [3.63, 3.8) is 0 Å². The van der Waals surface area contributed by atoms with Crippen molar-refractivity contribution in [2.45, 2.75) is 65.2 Å². The van der Waals surface area contributed by atoms with Crippen molar-refractivity contribution in [2.24, 2.45) is 0 Å². The molecule has 13 heteroatoms. The number of nitriles is 4. The van der Waals surface area contributed by atoms with E-state index in [-0.39, 0.29) is 56.6 Å². The van der Waals surface area contributed by atoms with Gasteiger partial charge in [-0.15, -0.1) is 0 Å². The molecule has 48 heavy (non-hydrogen) atoms. The molecule has 13 nitrogen and oxygen atoms in total. The molecule has 0 aliphatic heterocycles. The number of carbonyl (C=O) groups is 1. The van der Waals surface area contributed by atoms with E-state index < -0.39 is 17.0 Å². The number of carbonyl (C=O) groups excluding carboxylic acids is 1. The third-order valence-corrected chi connectivity index (χ3v) is 7.20. The third kappa shape index (κ3) is 8.57. The van der Waals surface area contributed by atoms with Gasteiger partial charge in [0.2, 0.25) is 0 Å². The number of rotatable bonds is 14. The monoisotopic (exact) mass is 660 g/mol. The zero-order chi connectivity index (χ0) is 36.2. The molecule has 0 heterocycles. The molecule has 2 aromatic carbocycles. The normalized spacial score (nSPS) is 11.0. The van der Waals surface area contributed by atoms with E-state index in [9.17, 15) is 25.8 Å². The molecule has 0 aliphatic rings. The van der Waals surface area contributed by atoms with Gasteiger partial charge >= 0.3 is 6.16 Å². The van der Waals surface area contributed by atoms with Gasteiger partial charge in [0.25, 0.3) is 0 Å². The van der Waals surface area contributed by atoms with Crippen molar-refractivity contribution < 1.29 is 33.2 Å². The van der Waals surface area contributed by atoms with Crippen molar-refractivity contribution in [3.8, 4) is 47.3 Å². The zero-order valence-corrected chi connectivity index (χ0v) is 29.4. The maximum atomic E-state index is 13.7. The molecular formula is C35H44N6O7. The van der Waals surface area contributed by atoms with Crippen molar-refractivity contribution in [3.05, 3.63) is 33.4 Å². The summed E-state index contributed by atoms with van der Waals surface area (Å²) in [5.41, 5.74) is -0.281. The second-order valence-electron chi connectivity index (χ2n) is 12.7. The Balaban J connectivity index is 2.88. The van der Waals surface area contributed by atoms with Crippen LogP contribution in [0, 0.1) is 45.3 Å². The summed E-state index contributed by atoms with van der Waals surface area (Å²) in [4.78, 5) is 13.7.